The summed E-state index contributed by atoms with van der Waals surface area (Å²) in [5, 5.41) is 5.31. The van der Waals surface area contributed by atoms with Gasteiger partial charge >= 0.3 is 6.18 Å². The average molecular weight is 268 g/mol. The maximum Gasteiger partial charge on any atom is 0.433 e. The molecule has 0 bridgehead atoms. The van der Waals surface area contributed by atoms with E-state index in [0.29, 0.717) is 10.6 Å². The van der Waals surface area contributed by atoms with Crippen LogP contribution in [0.5, 0.6) is 0 Å². The van der Waals surface area contributed by atoms with Gasteiger partial charge in [0.2, 0.25) is 0 Å². The smallest absolute Gasteiger partial charge is 0.228 e. The molecule has 18 heavy (non-hydrogen) atoms. The third-order valence-corrected chi connectivity index (χ3v) is 3.26. The Labute approximate surface area is 104 Å². The van der Waals surface area contributed by atoms with Crippen LogP contribution in [0.4, 0.5) is 13.2 Å². The van der Waals surface area contributed by atoms with Crippen molar-refractivity contribution in [2.24, 2.45) is 0 Å². The normalized spacial score (nSPS) is 12.2. The van der Waals surface area contributed by atoms with Crippen molar-refractivity contribution < 1.29 is 13.2 Å². The Balaban J connectivity index is 2.30. The van der Waals surface area contributed by atoms with Gasteiger partial charge in [-0.3, -0.25) is 0 Å². The third kappa shape index (κ3) is 1.76. The molecule has 3 nitrogen and oxygen atoms in total. The molecule has 0 N–H and O–H groups in total. The number of aromatic nitrogens is 3. The average Bonchev–Trinajstić information content (AvgIpc) is 2.97. The first-order valence-electron chi connectivity index (χ1n) is 4.93. The van der Waals surface area contributed by atoms with Crippen LogP contribution in [-0.2, 0) is 6.18 Å². The van der Waals surface area contributed by atoms with Gasteiger partial charge < -0.3 is 0 Å². The molecule has 1 radical (unpaired) electrons. The van der Waals surface area contributed by atoms with Gasteiger partial charge in [-0.1, -0.05) is 6.07 Å². The van der Waals surface area contributed by atoms with E-state index in [2.05, 4.69) is 16.3 Å². The van der Waals surface area contributed by atoms with Crippen molar-refractivity contribution in [1.82, 2.24) is 14.6 Å². The predicted octanol–water partition coefficient (Wildman–Crippen LogP) is 3.28. The van der Waals surface area contributed by atoms with Crippen LogP contribution in [0.1, 0.15) is 5.69 Å². The zero-order valence-corrected chi connectivity index (χ0v) is 9.59. The highest BCUT2D eigenvalue weighted by Crippen LogP contribution is 2.32. The molecule has 3 aromatic heterocycles. The molecule has 0 aliphatic heterocycles. The van der Waals surface area contributed by atoms with Crippen LogP contribution in [0.3, 0.4) is 0 Å². The fourth-order valence-electron chi connectivity index (χ4n) is 1.61. The third-order valence-electron chi connectivity index (χ3n) is 2.37. The van der Waals surface area contributed by atoms with E-state index < -0.39 is 11.9 Å². The zero-order chi connectivity index (χ0) is 12.8. The van der Waals surface area contributed by atoms with Crippen molar-refractivity contribution in [3.63, 3.8) is 0 Å². The molecule has 7 heteroatoms. The lowest BCUT2D eigenvalue weighted by Crippen LogP contribution is -2.13. The molecule has 0 fully saturated rings. The second-order valence-corrected chi connectivity index (χ2v) is 4.49. The van der Waals surface area contributed by atoms with Crippen molar-refractivity contribution in [2.45, 2.75) is 6.18 Å². The number of halogens is 3. The van der Waals surface area contributed by atoms with E-state index in [-0.39, 0.29) is 5.65 Å². The summed E-state index contributed by atoms with van der Waals surface area (Å²) >= 11 is 1.34. The van der Waals surface area contributed by atoms with Gasteiger partial charge in [0.15, 0.2) is 11.3 Å². The minimum absolute atomic E-state index is 0.133. The molecule has 3 heterocycles. The first-order chi connectivity index (χ1) is 8.55. The van der Waals surface area contributed by atoms with Gasteiger partial charge in [0.1, 0.15) is 6.20 Å². The van der Waals surface area contributed by atoms with Crippen LogP contribution in [0.25, 0.3) is 16.2 Å². The minimum Gasteiger partial charge on any atom is -0.228 e. The van der Waals surface area contributed by atoms with E-state index in [0.717, 1.165) is 10.6 Å². The van der Waals surface area contributed by atoms with Crippen LogP contribution < -0.4 is 0 Å². The van der Waals surface area contributed by atoms with E-state index in [1.54, 1.807) is 17.5 Å². The van der Waals surface area contributed by atoms with E-state index in [9.17, 15) is 13.2 Å². The highest BCUT2D eigenvalue weighted by molar-refractivity contribution is 7.13. The number of hydrogen-bond donors (Lipinski definition) is 0. The number of hydrogen-bond acceptors (Lipinski definition) is 3. The van der Waals surface area contributed by atoms with Crippen LogP contribution in [0, 0.1) is 6.20 Å². The summed E-state index contributed by atoms with van der Waals surface area (Å²) in [6.45, 7) is 0. The molecular formula is C11H5F3N3S. The van der Waals surface area contributed by atoms with Crippen LogP contribution in [0.15, 0.2) is 29.6 Å². The molecule has 0 aliphatic rings. The Kier molecular flexibility index (Phi) is 2.37. The standard InChI is InChI=1S/C11H5F3N3S/c12-11(13,14)9-6-7(8-2-1-5-18-8)16-10-3-4-15-17(9)10/h1-3,5-6H. The highest BCUT2D eigenvalue weighted by atomic mass is 32.1. The number of thiophene rings is 1. The molecule has 0 saturated carbocycles. The Morgan fingerprint density at radius 1 is 1.33 bits per heavy atom. The van der Waals surface area contributed by atoms with Gasteiger partial charge in [-0.05, 0) is 17.5 Å². The van der Waals surface area contributed by atoms with Crippen molar-refractivity contribution >= 4 is 17.0 Å². The number of nitrogens with zero attached hydrogens (tertiary/aromatic N) is 3. The Morgan fingerprint density at radius 3 is 2.83 bits per heavy atom. The van der Waals surface area contributed by atoms with Gasteiger partial charge in [-0.2, -0.15) is 18.3 Å². The van der Waals surface area contributed by atoms with Gasteiger partial charge in [0, 0.05) is 6.07 Å². The first-order valence-corrected chi connectivity index (χ1v) is 5.81. The lowest BCUT2D eigenvalue weighted by molar-refractivity contribution is -0.142. The lowest BCUT2D eigenvalue weighted by Gasteiger charge is -2.10. The molecule has 0 aromatic carbocycles. The first kappa shape index (κ1) is 11.2. The van der Waals surface area contributed by atoms with Gasteiger partial charge in [-0.25, -0.2) is 9.50 Å². The van der Waals surface area contributed by atoms with Gasteiger partial charge in [-0.15, -0.1) is 11.3 Å². The predicted molar refractivity (Wildman–Crippen MR) is 60.1 cm³/mol. The van der Waals surface area contributed by atoms with Gasteiger partial charge in [0.25, 0.3) is 0 Å². The number of alkyl halides is 3. The van der Waals surface area contributed by atoms with Gasteiger partial charge in [0.05, 0.1) is 10.6 Å². The van der Waals surface area contributed by atoms with E-state index in [1.165, 1.54) is 17.4 Å². The van der Waals surface area contributed by atoms with Crippen LogP contribution in [-0.4, -0.2) is 14.6 Å². The van der Waals surface area contributed by atoms with Crippen molar-refractivity contribution in [3.05, 3.63) is 41.5 Å². The summed E-state index contributed by atoms with van der Waals surface area (Å²) in [5.41, 5.74) is -0.427. The summed E-state index contributed by atoms with van der Waals surface area (Å²) in [6, 6.07) is 5.82. The second-order valence-electron chi connectivity index (χ2n) is 3.55. The molecule has 0 aliphatic carbocycles. The monoisotopic (exact) mass is 268 g/mol. The quantitative estimate of drug-likeness (QED) is 0.678. The topological polar surface area (TPSA) is 30.2 Å². The lowest BCUT2D eigenvalue weighted by atomic mass is 10.2. The van der Waals surface area contributed by atoms with Crippen LogP contribution >= 0.6 is 11.3 Å². The number of rotatable bonds is 1. The molecule has 0 atom stereocenters. The molecular weight excluding hydrogens is 263 g/mol. The van der Waals surface area contributed by atoms with Crippen molar-refractivity contribution in [3.8, 4) is 10.6 Å². The summed E-state index contributed by atoms with van der Waals surface area (Å²) in [5.74, 6) is 0. The molecule has 0 unspecified atom stereocenters. The Hall–Kier alpha value is -1.89. The zero-order valence-electron chi connectivity index (χ0n) is 8.77. The molecule has 3 aromatic rings. The molecule has 3 rings (SSSR count). The molecule has 0 spiro atoms. The SMILES string of the molecule is FC(F)(F)c1cc(-c2cccs2)nc2c[c]nn12. The summed E-state index contributed by atoms with van der Waals surface area (Å²) in [6.07, 6.45) is -2.10. The molecule has 0 saturated heterocycles. The van der Waals surface area contributed by atoms with E-state index in [1.807, 2.05) is 0 Å². The molecule has 91 valence electrons. The maximum absolute atomic E-state index is 12.9. The summed E-state index contributed by atoms with van der Waals surface area (Å²) in [4.78, 5) is 4.82. The minimum atomic E-state index is -4.48. The highest BCUT2D eigenvalue weighted by Gasteiger charge is 2.35. The summed E-state index contributed by atoms with van der Waals surface area (Å²) < 4.78 is 39.5. The van der Waals surface area contributed by atoms with Crippen LogP contribution in [0.2, 0.25) is 0 Å². The Bertz CT molecular complexity index is 685. The van der Waals surface area contributed by atoms with E-state index in [4.69, 9.17) is 0 Å². The number of fused-ring (bicyclic) bond motifs is 1. The molecule has 0 amide bonds. The summed E-state index contributed by atoms with van der Waals surface area (Å²) in [7, 11) is 0. The van der Waals surface area contributed by atoms with E-state index >= 15 is 0 Å². The fraction of sp³-hybridized carbons (Fsp3) is 0.0909. The second kappa shape index (κ2) is 3.81. The van der Waals surface area contributed by atoms with Crippen molar-refractivity contribution in [1.29, 1.82) is 0 Å². The fourth-order valence-corrected chi connectivity index (χ4v) is 2.30. The Morgan fingerprint density at radius 2 is 2.17 bits per heavy atom. The largest absolute Gasteiger partial charge is 0.433 e. The maximum atomic E-state index is 12.9. The van der Waals surface area contributed by atoms with Crippen molar-refractivity contribution in [2.75, 3.05) is 0 Å².